The lowest BCUT2D eigenvalue weighted by Gasteiger charge is -2.41. The number of benzene rings is 1. The van der Waals surface area contributed by atoms with Crippen molar-refractivity contribution in [2.45, 2.75) is 18.7 Å². The highest BCUT2D eigenvalue weighted by molar-refractivity contribution is 5.79. The summed E-state index contributed by atoms with van der Waals surface area (Å²) in [5.74, 6) is 0.0390. The molecular formula is C20H25N3O3. The zero-order valence-electron chi connectivity index (χ0n) is 15.0. The van der Waals surface area contributed by atoms with E-state index in [1.807, 2.05) is 59.3 Å². The average Bonchev–Trinajstić information content (AvgIpc) is 2.68. The van der Waals surface area contributed by atoms with Crippen LogP contribution in [-0.2, 0) is 16.1 Å². The van der Waals surface area contributed by atoms with E-state index < -0.39 is 6.10 Å². The first-order chi connectivity index (χ1) is 12.7. The SMILES string of the molecule is CN(CC(=O)N1CCO[C@H](CO)[C@H]1c1ccccc1)Cc1ccncc1. The van der Waals surface area contributed by atoms with Crippen molar-refractivity contribution < 1.29 is 14.6 Å². The molecule has 1 aliphatic heterocycles. The fraction of sp³-hybridized carbons (Fsp3) is 0.400. The van der Waals surface area contributed by atoms with Crippen molar-refractivity contribution in [1.29, 1.82) is 0 Å². The Morgan fingerprint density at radius 2 is 2.00 bits per heavy atom. The van der Waals surface area contributed by atoms with Crippen LogP contribution in [0.15, 0.2) is 54.9 Å². The molecule has 2 atom stereocenters. The zero-order valence-corrected chi connectivity index (χ0v) is 15.0. The summed E-state index contributed by atoms with van der Waals surface area (Å²) < 4.78 is 5.71. The highest BCUT2D eigenvalue weighted by Crippen LogP contribution is 2.29. The van der Waals surface area contributed by atoms with E-state index in [0.29, 0.717) is 26.2 Å². The summed E-state index contributed by atoms with van der Waals surface area (Å²) in [5, 5.41) is 9.72. The topological polar surface area (TPSA) is 65.9 Å². The van der Waals surface area contributed by atoms with E-state index in [1.54, 1.807) is 12.4 Å². The van der Waals surface area contributed by atoms with Gasteiger partial charge in [-0.3, -0.25) is 14.7 Å². The lowest BCUT2D eigenvalue weighted by Crippen LogP contribution is -2.51. The molecule has 2 aromatic rings. The Hall–Kier alpha value is -2.28. The highest BCUT2D eigenvalue weighted by Gasteiger charge is 2.36. The van der Waals surface area contributed by atoms with Gasteiger partial charge in [-0.15, -0.1) is 0 Å². The van der Waals surface area contributed by atoms with Gasteiger partial charge in [0.2, 0.25) is 5.91 Å². The molecule has 26 heavy (non-hydrogen) atoms. The summed E-state index contributed by atoms with van der Waals surface area (Å²) >= 11 is 0. The number of likely N-dealkylation sites (N-methyl/N-ethyl adjacent to an activating group) is 1. The van der Waals surface area contributed by atoms with Crippen molar-refractivity contribution in [2.24, 2.45) is 0 Å². The van der Waals surface area contributed by atoms with Gasteiger partial charge in [0.05, 0.1) is 25.8 Å². The van der Waals surface area contributed by atoms with Crippen LogP contribution >= 0.6 is 0 Å². The number of ether oxygens (including phenoxy) is 1. The standard InChI is InChI=1S/C20H25N3O3/c1-22(13-16-7-9-21-10-8-16)14-19(25)23-11-12-26-18(15-24)20(23)17-5-3-2-4-6-17/h2-10,18,20,24H,11-15H2,1H3/t18-,20-/m1/s1. The second kappa shape index (κ2) is 8.89. The van der Waals surface area contributed by atoms with Crippen molar-refractivity contribution >= 4 is 5.91 Å². The molecule has 1 aromatic carbocycles. The number of aromatic nitrogens is 1. The first-order valence-corrected chi connectivity index (χ1v) is 8.83. The number of aliphatic hydroxyl groups is 1. The number of nitrogens with zero attached hydrogens (tertiary/aromatic N) is 3. The van der Waals surface area contributed by atoms with Crippen LogP contribution in [0, 0.1) is 0 Å². The fourth-order valence-electron chi connectivity index (χ4n) is 3.39. The van der Waals surface area contributed by atoms with Crippen molar-refractivity contribution in [3.8, 4) is 0 Å². The van der Waals surface area contributed by atoms with E-state index in [-0.39, 0.29) is 18.6 Å². The summed E-state index contributed by atoms with van der Waals surface area (Å²) in [5.41, 5.74) is 2.10. The van der Waals surface area contributed by atoms with Gasteiger partial charge in [0.15, 0.2) is 0 Å². The van der Waals surface area contributed by atoms with Gasteiger partial charge in [-0.25, -0.2) is 0 Å². The van der Waals surface area contributed by atoms with E-state index in [4.69, 9.17) is 4.74 Å². The lowest BCUT2D eigenvalue weighted by atomic mass is 9.98. The first kappa shape index (κ1) is 18.5. The minimum absolute atomic E-state index is 0.0390. The Morgan fingerprint density at radius 1 is 1.27 bits per heavy atom. The first-order valence-electron chi connectivity index (χ1n) is 8.83. The average molecular weight is 355 g/mol. The summed E-state index contributed by atoms with van der Waals surface area (Å²) in [4.78, 5) is 20.8. The Bertz CT molecular complexity index is 696. The molecule has 6 nitrogen and oxygen atoms in total. The molecule has 0 spiro atoms. The van der Waals surface area contributed by atoms with E-state index in [0.717, 1.165) is 11.1 Å². The number of pyridine rings is 1. The van der Waals surface area contributed by atoms with Crippen LogP contribution in [0.3, 0.4) is 0 Å². The van der Waals surface area contributed by atoms with Crippen LogP contribution in [0.4, 0.5) is 0 Å². The summed E-state index contributed by atoms with van der Waals surface area (Å²) in [6, 6.07) is 13.4. The normalized spacial score (nSPS) is 20.3. The molecule has 0 bridgehead atoms. The van der Waals surface area contributed by atoms with E-state index in [1.165, 1.54) is 0 Å². The van der Waals surface area contributed by atoms with Crippen molar-refractivity contribution in [2.75, 3.05) is 33.4 Å². The van der Waals surface area contributed by atoms with E-state index in [2.05, 4.69) is 4.98 Å². The molecule has 0 aliphatic carbocycles. The molecule has 1 aromatic heterocycles. The third-order valence-electron chi connectivity index (χ3n) is 4.60. The third kappa shape index (κ3) is 4.46. The molecule has 1 aliphatic rings. The van der Waals surface area contributed by atoms with Gasteiger partial charge >= 0.3 is 0 Å². The van der Waals surface area contributed by atoms with Crippen LogP contribution in [0.1, 0.15) is 17.2 Å². The molecule has 138 valence electrons. The van der Waals surface area contributed by atoms with Crippen LogP contribution < -0.4 is 0 Å². The molecule has 2 heterocycles. The largest absolute Gasteiger partial charge is 0.394 e. The van der Waals surface area contributed by atoms with Gasteiger partial charge < -0.3 is 14.7 Å². The van der Waals surface area contributed by atoms with Crippen LogP contribution in [0.2, 0.25) is 0 Å². The number of amides is 1. The monoisotopic (exact) mass is 355 g/mol. The highest BCUT2D eigenvalue weighted by atomic mass is 16.5. The maximum atomic E-state index is 13.0. The van der Waals surface area contributed by atoms with Gasteiger partial charge in [-0.1, -0.05) is 30.3 Å². The molecule has 3 rings (SSSR count). The van der Waals surface area contributed by atoms with E-state index >= 15 is 0 Å². The second-order valence-electron chi connectivity index (χ2n) is 6.56. The predicted octanol–water partition coefficient (Wildman–Crippen LogP) is 1.47. The van der Waals surface area contributed by atoms with Gasteiger partial charge in [0.1, 0.15) is 6.10 Å². The molecular weight excluding hydrogens is 330 g/mol. The van der Waals surface area contributed by atoms with Gasteiger partial charge in [0, 0.05) is 25.5 Å². The molecule has 0 radical (unpaired) electrons. The summed E-state index contributed by atoms with van der Waals surface area (Å²) in [6.45, 7) is 1.84. The number of hydrogen-bond acceptors (Lipinski definition) is 5. The van der Waals surface area contributed by atoms with Gasteiger partial charge in [0.25, 0.3) is 0 Å². The number of aliphatic hydroxyl groups excluding tert-OH is 1. The number of morpholine rings is 1. The number of carbonyl (C=O) groups is 1. The molecule has 1 N–H and O–H groups in total. The molecule has 1 saturated heterocycles. The van der Waals surface area contributed by atoms with E-state index in [9.17, 15) is 9.90 Å². The Kier molecular flexibility index (Phi) is 6.33. The van der Waals surface area contributed by atoms with Crippen LogP contribution in [0.5, 0.6) is 0 Å². The van der Waals surface area contributed by atoms with Crippen molar-refractivity contribution in [3.63, 3.8) is 0 Å². The summed E-state index contributed by atoms with van der Waals surface area (Å²) in [7, 11) is 1.93. The predicted molar refractivity (Wildman–Crippen MR) is 98.3 cm³/mol. The zero-order chi connectivity index (χ0) is 18.4. The minimum atomic E-state index is -0.402. The van der Waals surface area contributed by atoms with Crippen LogP contribution in [0.25, 0.3) is 0 Å². The summed E-state index contributed by atoms with van der Waals surface area (Å²) in [6.07, 6.45) is 3.11. The Balaban J connectivity index is 1.71. The number of carbonyl (C=O) groups excluding carboxylic acids is 1. The quantitative estimate of drug-likeness (QED) is 0.850. The minimum Gasteiger partial charge on any atom is -0.394 e. The third-order valence-corrected chi connectivity index (χ3v) is 4.60. The number of rotatable bonds is 6. The maximum absolute atomic E-state index is 13.0. The number of hydrogen-bond donors (Lipinski definition) is 1. The molecule has 1 fully saturated rings. The van der Waals surface area contributed by atoms with Crippen molar-refractivity contribution in [1.82, 2.24) is 14.8 Å². The lowest BCUT2D eigenvalue weighted by molar-refractivity contribution is -0.150. The fourth-order valence-corrected chi connectivity index (χ4v) is 3.39. The maximum Gasteiger partial charge on any atom is 0.237 e. The van der Waals surface area contributed by atoms with Crippen molar-refractivity contribution in [3.05, 3.63) is 66.0 Å². The smallest absolute Gasteiger partial charge is 0.237 e. The van der Waals surface area contributed by atoms with Gasteiger partial charge in [-0.05, 0) is 30.3 Å². The van der Waals surface area contributed by atoms with Crippen LogP contribution in [-0.4, -0.2) is 65.3 Å². The second-order valence-corrected chi connectivity index (χ2v) is 6.56. The molecule has 6 heteroatoms. The molecule has 0 saturated carbocycles. The van der Waals surface area contributed by atoms with Gasteiger partial charge in [-0.2, -0.15) is 0 Å². The Morgan fingerprint density at radius 3 is 2.69 bits per heavy atom. The molecule has 1 amide bonds. The molecule has 0 unspecified atom stereocenters. The Labute approximate surface area is 154 Å².